The van der Waals surface area contributed by atoms with E-state index in [-0.39, 0.29) is 5.82 Å². The molecule has 0 atom stereocenters. The number of benzene rings is 2. The van der Waals surface area contributed by atoms with Crippen molar-refractivity contribution in [3.63, 3.8) is 0 Å². The van der Waals surface area contributed by atoms with Gasteiger partial charge < -0.3 is 0 Å². The van der Waals surface area contributed by atoms with Crippen molar-refractivity contribution in [1.82, 2.24) is 9.97 Å². The fraction of sp³-hybridized carbons (Fsp3) is 0.200. The molecule has 3 aromatic rings. The molecule has 3 heteroatoms. The zero-order valence-electron chi connectivity index (χ0n) is 13.2. The Balaban J connectivity index is 1.77. The Morgan fingerprint density at radius 1 is 0.783 bits per heavy atom. The molecule has 0 saturated heterocycles. The smallest absolute Gasteiger partial charge is 0.159 e. The first-order chi connectivity index (χ1) is 11.3. The summed E-state index contributed by atoms with van der Waals surface area (Å²) in [6, 6.07) is 14.5. The van der Waals surface area contributed by atoms with Gasteiger partial charge in [0, 0.05) is 18.0 Å². The molecule has 1 aromatic heterocycles. The molecule has 0 bridgehead atoms. The molecule has 0 saturated carbocycles. The summed E-state index contributed by atoms with van der Waals surface area (Å²) in [5.41, 5.74) is 4.21. The highest BCUT2D eigenvalue weighted by Crippen LogP contribution is 2.23. The van der Waals surface area contributed by atoms with Crippen molar-refractivity contribution in [2.75, 3.05) is 0 Å². The largest absolute Gasteiger partial charge is 0.236 e. The Bertz CT molecular complexity index is 747. The van der Waals surface area contributed by atoms with E-state index in [1.165, 1.54) is 24.1 Å². The lowest BCUT2D eigenvalue weighted by atomic mass is 10.0. The first-order valence-electron chi connectivity index (χ1n) is 7.93. The number of aromatic nitrogens is 2. The zero-order chi connectivity index (χ0) is 16.1. The molecule has 0 aliphatic carbocycles. The van der Waals surface area contributed by atoms with Crippen LogP contribution in [0.3, 0.4) is 0 Å². The average molecular weight is 306 g/mol. The second-order valence-corrected chi connectivity index (χ2v) is 5.60. The van der Waals surface area contributed by atoms with Crippen LogP contribution in [0.4, 0.5) is 4.39 Å². The van der Waals surface area contributed by atoms with Crippen molar-refractivity contribution in [3.8, 4) is 22.5 Å². The lowest BCUT2D eigenvalue weighted by molar-refractivity contribution is 0.628. The van der Waals surface area contributed by atoms with E-state index >= 15 is 0 Å². The van der Waals surface area contributed by atoms with E-state index in [1.807, 2.05) is 36.7 Å². The third-order valence-corrected chi connectivity index (χ3v) is 3.84. The Kier molecular flexibility index (Phi) is 4.77. The fourth-order valence-electron chi connectivity index (χ4n) is 2.47. The molecule has 0 spiro atoms. The first kappa shape index (κ1) is 15.3. The van der Waals surface area contributed by atoms with Gasteiger partial charge in [-0.05, 0) is 41.7 Å². The number of halogens is 1. The van der Waals surface area contributed by atoms with Gasteiger partial charge in [0.05, 0.1) is 0 Å². The van der Waals surface area contributed by atoms with Crippen LogP contribution < -0.4 is 0 Å². The highest BCUT2D eigenvalue weighted by atomic mass is 19.1. The van der Waals surface area contributed by atoms with Crippen molar-refractivity contribution >= 4 is 0 Å². The summed E-state index contributed by atoms with van der Waals surface area (Å²) in [6.07, 6.45) is 7.18. The van der Waals surface area contributed by atoms with E-state index in [2.05, 4.69) is 16.9 Å². The van der Waals surface area contributed by atoms with Gasteiger partial charge in [-0.2, -0.15) is 0 Å². The molecule has 2 aromatic carbocycles. The van der Waals surface area contributed by atoms with Gasteiger partial charge in [-0.1, -0.05) is 49.7 Å². The molecule has 0 N–H and O–H groups in total. The minimum Gasteiger partial charge on any atom is -0.236 e. The molecule has 0 aliphatic heterocycles. The Hall–Kier alpha value is -2.55. The average Bonchev–Trinajstić information content (AvgIpc) is 2.61. The van der Waals surface area contributed by atoms with Crippen molar-refractivity contribution in [1.29, 1.82) is 0 Å². The maximum atomic E-state index is 13.0. The lowest BCUT2D eigenvalue weighted by Crippen LogP contribution is -1.93. The summed E-state index contributed by atoms with van der Waals surface area (Å²) in [5, 5.41) is 0. The highest BCUT2D eigenvalue weighted by molar-refractivity contribution is 5.67. The summed E-state index contributed by atoms with van der Waals surface area (Å²) >= 11 is 0. The van der Waals surface area contributed by atoms with Crippen LogP contribution in [0, 0.1) is 5.82 Å². The van der Waals surface area contributed by atoms with E-state index in [1.54, 1.807) is 12.1 Å². The Morgan fingerprint density at radius 3 is 1.87 bits per heavy atom. The van der Waals surface area contributed by atoms with E-state index < -0.39 is 0 Å². The summed E-state index contributed by atoms with van der Waals surface area (Å²) in [7, 11) is 0. The molecular formula is C20H19FN2. The number of hydrogen-bond donors (Lipinski definition) is 0. The number of nitrogens with zero attached hydrogens (tertiary/aromatic N) is 2. The summed E-state index contributed by atoms with van der Waals surface area (Å²) in [4.78, 5) is 8.91. The monoisotopic (exact) mass is 306 g/mol. The molecule has 0 fully saturated rings. The molecule has 116 valence electrons. The predicted octanol–water partition coefficient (Wildman–Crippen LogP) is 5.29. The van der Waals surface area contributed by atoms with Gasteiger partial charge in [0.1, 0.15) is 5.82 Å². The van der Waals surface area contributed by atoms with Gasteiger partial charge in [0.15, 0.2) is 5.82 Å². The van der Waals surface area contributed by atoms with E-state index in [0.29, 0.717) is 0 Å². The Morgan fingerprint density at radius 2 is 1.30 bits per heavy atom. The van der Waals surface area contributed by atoms with Gasteiger partial charge in [-0.15, -0.1) is 0 Å². The van der Waals surface area contributed by atoms with Crippen LogP contribution in [-0.4, -0.2) is 9.97 Å². The molecule has 0 aliphatic rings. The number of rotatable bonds is 5. The van der Waals surface area contributed by atoms with E-state index in [9.17, 15) is 4.39 Å². The topological polar surface area (TPSA) is 25.8 Å². The highest BCUT2D eigenvalue weighted by Gasteiger charge is 2.03. The van der Waals surface area contributed by atoms with Crippen molar-refractivity contribution in [3.05, 3.63) is 72.3 Å². The summed E-state index contributed by atoms with van der Waals surface area (Å²) < 4.78 is 13.0. The molecule has 23 heavy (non-hydrogen) atoms. The minimum absolute atomic E-state index is 0.220. The second kappa shape index (κ2) is 7.14. The second-order valence-electron chi connectivity index (χ2n) is 5.60. The number of hydrogen-bond acceptors (Lipinski definition) is 2. The normalized spacial score (nSPS) is 10.7. The van der Waals surface area contributed by atoms with Gasteiger partial charge in [0.25, 0.3) is 0 Å². The van der Waals surface area contributed by atoms with Crippen LogP contribution in [0.15, 0.2) is 60.9 Å². The SMILES string of the molecule is CCCCc1cnc(-c2ccc(-c3ccc(F)cc3)cc2)nc1. The van der Waals surface area contributed by atoms with E-state index in [0.717, 1.165) is 35.4 Å². The number of unbranched alkanes of at least 4 members (excludes halogenated alkanes) is 1. The van der Waals surface area contributed by atoms with Crippen LogP contribution in [0.2, 0.25) is 0 Å². The van der Waals surface area contributed by atoms with Crippen molar-refractivity contribution in [2.24, 2.45) is 0 Å². The molecular weight excluding hydrogens is 287 g/mol. The van der Waals surface area contributed by atoms with Crippen molar-refractivity contribution < 1.29 is 4.39 Å². The maximum absolute atomic E-state index is 13.0. The lowest BCUT2D eigenvalue weighted by Gasteiger charge is -2.05. The molecule has 0 radical (unpaired) electrons. The van der Waals surface area contributed by atoms with Gasteiger partial charge in [-0.25, -0.2) is 14.4 Å². The number of aryl methyl sites for hydroxylation is 1. The quantitative estimate of drug-likeness (QED) is 0.640. The van der Waals surface area contributed by atoms with Gasteiger partial charge in [0.2, 0.25) is 0 Å². The Labute approximate surface area is 136 Å². The van der Waals surface area contributed by atoms with Crippen molar-refractivity contribution in [2.45, 2.75) is 26.2 Å². The maximum Gasteiger partial charge on any atom is 0.159 e. The first-order valence-corrected chi connectivity index (χ1v) is 7.93. The van der Waals surface area contributed by atoms with Crippen LogP contribution in [0.5, 0.6) is 0 Å². The predicted molar refractivity (Wildman–Crippen MR) is 91.5 cm³/mol. The zero-order valence-corrected chi connectivity index (χ0v) is 13.2. The van der Waals surface area contributed by atoms with Gasteiger partial charge >= 0.3 is 0 Å². The standard InChI is InChI=1S/C20H19FN2/c1-2-3-4-15-13-22-20(23-14-15)18-7-5-16(6-8-18)17-9-11-19(21)12-10-17/h5-14H,2-4H2,1H3. The molecule has 2 nitrogen and oxygen atoms in total. The van der Waals surface area contributed by atoms with Crippen LogP contribution >= 0.6 is 0 Å². The van der Waals surface area contributed by atoms with Crippen LogP contribution in [0.25, 0.3) is 22.5 Å². The van der Waals surface area contributed by atoms with Crippen LogP contribution in [0.1, 0.15) is 25.3 Å². The van der Waals surface area contributed by atoms with E-state index in [4.69, 9.17) is 0 Å². The minimum atomic E-state index is -0.220. The van der Waals surface area contributed by atoms with Gasteiger partial charge in [-0.3, -0.25) is 0 Å². The fourth-order valence-corrected chi connectivity index (χ4v) is 2.47. The molecule has 0 amide bonds. The molecule has 3 rings (SSSR count). The van der Waals surface area contributed by atoms with Crippen LogP contribution in [-0.2, 0) is 6.42 Å². The third-order valence-electron chi connectivity index (χ3n) is 3.84. The molecule has 1 heterocycles. The third kappa shape index (κ3) is 3.81. The summed E-state index contributed by atoms with van der Waals surface area (Å²) in [5.74, 6) is 0.512. The summed E-state index contributed by atoms with van der Waals surface area (Å²) in [6.45, 7) is 2.18. The molecule has 0 unspecified atom stereocenters.